The fourth-order valence-corrected chi connectivity index (χ4v) is 2.95. The predicted molar refractivity (Wildman–Crippen MR) is 91.1 cm³/mol. The summed E-state index contributed by atoms with van der Waals surface area (Å²) >= 11 is 9.62. The van der Waals surface area contributed by atoms with Crippen molar-refractivity contribution in [3.8, 4) is 6.07 Å². The second-order valence-electron chi connectivity index (χ2n) is 4.54. The van der Waals surface area contributed by atoms with E-state index >= 15 is 0 Å². The van der Waals surface area contributed by atoms with Crippen LogP contribution in [0.15, 0.2) is 59.1 Å². The molecule has 1 N–H and O–H groups in total. The Morgan fingerprint density at radius 3 is 2.43 bits per heavy atom. The van der Waals surface area contributed by atoms with Crippen LogP contribution in [0.25, 0.3) is 10.8 Å². The first-order chi connectivity index (χ1) is 10.2. The monoisotopic (exact) mass is 356 g/mol. The maximum Gasteiger partial charge on any atom is 0.103 e. The molecule has 4 heteroatoms. The molecule has 0 radical (unpaired) electrons. The molecule has 3 aromatic carbocycles. The summed E-state index contributed by atoms with van der Waals surface area (Å²) in [5, 5.41) is 15.2. The van der Waals surface area contributed by atoms with Crippen molar-refractivity contribution in [2.75, 3.05) is 5.32 Å². The van der Waals surface area contributed by atoms with Gasteiger partial charge in [0.1, 0.15) is 6.07 Å². The average molecular weight is 358 g/mol. The molecule has 0 amide bonds. The molecule has 102 valence electrons. The number of nitrogens with zero attached hydrogens (tertiary/aromatic N) is 1. The van der Waals surface area contributed by atoms with E-state index in [9.17, 15) is 5.26 Å². The molecule has 0 spiro atoms. The minimum absolute atomic E-state index is 0.448. The van der Waals surface area contributed by atoms with Crippen LogP contribution in [0, 0.1) is 11.3 Å². The number of halogens is 2. The SMILES string of the molecule is N#Cc1c(Cl)cccc1Nc1ccc(Br)c2ccccc12. The molecule has 0 atom stereocenters. The molecule has 3 aromatic rings. The van der Waals surface area contributed by atoms with E-state index in [4.69, 9.17) is 11.6 Å². The predicted octanol–water partition coefficient (Wildman–Crippen LogP) is 5.87. The van der Waals surface area contributed by atoms with Gasteiger partial charge in [0.2, 0.25) is 0 Å². The van der Waals surface area contributed by atoms with Crippen molar-refractivity contribution < 1.29 is 0 Å². The van der Waals surface area contributed by atoms with Gasteiger partial charge in [-0.25, -0.2) is 0 Å². The lowest BCUT2D eigenvalue weighted by Gasteiger charge is -2.12. The number of nitriles is 1. The zero-order valence-corrected chi connectivity index (χ0v) is 13.2. The summed E-state index contributed by atoms with van der Waals surface area (Å²) in [4.78, 5) is 0. The molecule has 0 aliphatic rings. The molecule has 21 heavy (non-hydrogen) atoms. The van der Waals surface area contributed by atoms with Crippen LogP contribution >= 0.6 is 27.5 Å². The minimum atomic E-state index is 0.448. The Balaban J connectivity index is 2.14. The smallest absolute Gasteiger partial charge is 0.103 e. The molecule has 0 saturated carbocycles. The number of nitrogens with one attached hydrogen (secondary N) is 1. The van der Waals surface area contributed by atoms with Crippen molar-refractivity contribution in [1.82, 2.24) is 0 Å². The van der Waals surface area contributed by atoms with Gasteiger partial charge in [0.15, 0.2) is 0 Å². The summed E-state index contributed by atoms with van der Waals surface area (Å²) in [5.41, 5.74) is 2.09. The second kappa shape index (κ2) is 5.77. The van der Waals surface area contributed by atoms with E-state index in [1.165, 1.54) is 0 Å². The Hall–Kier alpha value is -2.02. The first kappa shape index (κ1) is 13.9. The molecule has 0 aromatic heterocycles. The molecular weight excluding hydrogens is 348 g/mol. The van der Waals surface area contributed by atoms with Gasteiger partial charge < -0.3 is 5.32 Å². The lowest BCUT2D eigenvalue weighted by Crippen LogP contribution is -1.95. The minimum Gasteiger partial charge on any atom is -0.354 e. The van der Waals surface area contributed by atoms with Crippen molar-refractivity contribution in [1.29, 1.82) is 5.26 Å². The molecule has 0 fully saturated rings. The summed E-state index contributed by atoms with van der Waals surface area (Å²) in [6.07, 6.45) is 0. The number of fused-ring (bicyclic) bond motifs is 1. The van der Waals surface area contributed by atoms with Crippen LogP contribution in [0.4, 0.5) is 11.4 Å². The number of rotatable bonds is 2. The maximum atomic E-state index is 9.25. The maximum absolute atomic E-state index is 9.25. The molecular formula is C17H10BrClN2. The lowest BCUT2D eigenvalue weighted by molar-refractivity contribution is 1.46. The Morgan fingerprint density at radius 1 is 0.905 bits per heavy atom. The largest absolute Gasteiger partial charge is 0.354 e. The van der Waals surface area contributed by atoms with Gasteiger partial charge >= 0.3 is 0 Å². The zero-order valence-electron chi connectivity index (χ0n) is 10.9. The van der Waals surface area contributed by atoms with Crippen LogP contribution in [-0.4, -0.2) is 0 Å². The van der Waals surface area contributed by atoms with Crippen LogP contribution in [-0.2, 0) is 0 Å². The molecule has 0 aliphatic heterocycles. The molecule has 2 nitrogen and oxygen atoms in total. The normalized spacial score (nSPS) is 10.3. The van der Waals surface area contributed by atoms with Gasteiger partial charge in [-0.2, -0.15) is 5.26 Å². The van der Waals surface area contributed by atoms with Crippen LogP contribution in [0.2, 0.25) is 5.02 Å². The zero-order chi connectivity index (χ0) is 14.8. The highest BCUT2D eigenvalue weighted by atomic mass is 79.9. The number of hydrogen-bond donors (Lipinski definition) is 1. The summed E-state index contributed by atoms with van der Waals surface area (Å²) in [6, 6.07) is 19.6. The molecule has 0 aliphatic carbocycles. The van der Waals surface area contributed by atoms with Crippen molar-refractivity contribution in [2.24, 2.45) is 0 Å². The van der Waals surface area contributed by atoms with Gasteiger partial charge in [0.05, 0.1) is 16.3 Å². The van der Waals surface area contributed by atoms with Crippen LogP contribution < -0.4 is 5.32 Å². The Kier molecular flexibility index (Phi) is 3.83. The lowest BCUT2D eigenvalue weighted by atomic mass is 10.1. The van der Waals surface area contributed by atoms with Gasteiger partial charge in [0, 0.05) is 15.5 Å². The Morgan fingerprint density at radius 2 is 1.67 bits per heavy atom. The van der Waals surface area contributed by atoms with Crippen molar-refractivity contribution in [2.45, 2.75) is 0 Å². The van der Waals surface area contributed by atoms with E-state index in [0.29, 0.717) is 16.3 Å². The van der Waals surface area contributed by atoms with Crippen LogP contribution in [0.1, 0.15) is 5.56 Å². The van der Waals surface area contributed by atoms with Gasteiger partial charge in [-0.05, 0) is 29.7 Å². The highest BCUT2D eigenvalue weighted by molar-refractivity contribution is 9.10. The summed E-state index contributed by atoms with van der Waals surface area (Å²) in [6.45, 7) is 0. The quantitative estimate of drug-likeness (QED) is 0.622. The van der Waals surface area contributed by atoms with Crippen LogP contribution in [0.3, 0.4) is 0 Å². The number of anilines is 2. The van der Waals surface area contributed by atoms with Crippen molar-refractivity contribution in [3.05, 3.63) is 69.7 Å². The summed E-state index contributed by atoms with van der Waals surface area (Å²) < 4.78 is 1.04. The second-order valence-corrected chi connectivity index (χ2v) is 5.80. The van der Waals surface area contributed by atoms with E-state index in [1.54, 1.807) is 6.07 Å². The molecule has 0 bridgehead atoms. The third kappa shape index (κ3) is 2.61. The molecule has 3 rings (SSSR count). The van der Waals surface area contributed by atoms with E-state index in [-0.39, 0.29) is 0 Å². The number of hydrogen-bond acceptors (Lipinski definition) is 2. The van der Waals surface area contributed by atoms with E-state index in [1.807, 2.05) is 48.5 Å². The third-order valence-electron chi connectivity index (χ3n) is 3.27. The van der Waals surface area contributed by atoms with Crippen molar-refractivity contribution >= 4 is 49.7 Å². The van der Waals surface area contributed by atoms with E-state index in [0.717, 1.165) is 20.9 Å². The van der Waals surface area contributed by atoms with Crippen LogP contribution in [0.5, 0.6) is 0 Å². The third-order valence-corrected chi connectivity index (χ3v) is 4.27. The Labute approximate surface area is 136 Å². The molecule has 0 saturated heterocycles. The summed E-state index contributed by atoms with van der Waals surface area (Å²) in [7, 11) is 0. The van der Waals surface area contributed by atoms with Gasteiger partial charge in [-0.15, -0.1) is 0 Å². The highest BCUT2D eigenvalue weighted by Crippen LogP contribution is 2.33. The van der Waals surface area contributed by atoms with E-state index < -0.39 is 0 Å². The van der Waals surface area contributed by atoms with Gasteiger partial charge in [0.25, 0.3) is 0 Å². The van der Waals surface area contributed by atoms with Gasteiger partial charge in [-0.3, -0.25) is 0 Å². The Bertz CT molecular complexity index is 868. The van der Waals surface area contributed by atoms with E-state index in [2.05, 4.69) is 27.3 Å². The summed E-state index contributed by atoms with van der Waals surface area (Å²) in [5.74, 6) is 0. The average Bonchev–Trinajstić information content (AvgIpc) is 2.51. The standard InChI is InChI=1S/C17H10BrClN2/c18-14-8-9-17(12-5-2-1-4-11(12)14)21-16-7-3-6-15(19)13(16)10-20/h1-9,21H. The fraction of sp³-hybridized carbons (Fsp3) is 0. The first-order valence-corrected chi connectivity index (χ1v) is 7.50. The highest BCUT2D eigenvalue weighted by Gasteiger charge is 2.09. The fourth-order valence-electron chi connectivity index (χ4n) is 2.26. The van der Waals surface area contributed by atoms with Crippen molar-refractivity contribution in [3.63, 3.8) is 0 Å². The number of benzene rings is 3. The topological polar surface area (TPSA) is 35.8 Å². The molecule has 0 unspecified atom stereocenters. The first-order valence-electron chi connectivity index (χ1n) is 6.33. The molecule has 0 heterocycles. The van der Waals surface area contributed by atoms with Gasteiger partial charge in [-0.1, -0.05) is 57.9 Å².